The lowest BCUT2D eigenvalue weighted by molar-refractivity contribution is -0.144. The molecule has 0 radical (unpaired) electrons. The van der Waals surface area contributed by atoms with Gasteiger partial charge in [-0.1, -0.05) is 26.7 Å². The van der Waals surface area contributed by atoms with Gasteiger partial charge >= 0.3 is 5.97 Å². The minimum Gasteiger partial charge on any atom is -0.481 e. The molecule has 2 N–H and O–H groups in total. The van der Waals surface area contributed by atoms with Crippen molar-refractivity contribution >= 4 is 17.8 Å². The molecule has 2 aliphatic rings. The fraction of sp³-hybridized carbons (Fsp3) is 0.690. The quantitative estimate of drug-likeness (QED) is 0.344. The number of fused-ring (bicyclic) bond motifs is 1. The molecule has 2 aliphatic heterocycles. The van der Waals surface area contributed by atoms with Gasteiger partial charge in [0.2, 0.25) is 18.6 Å². The molecule has 1 aromatic carbocycles. The molecule has 1 saturated heterocycles. The van der Waals surface area contributed by atoms with Crippen LogP contribution in [-0.2, 0) is 21.0 Å². The van der Waals surface area contributed by atoms with Crippen molar-refractivity contribution < 1.29 is 34.1 Å². The number of aliphatic hydroxyl groups excluding tert-OH is 1. The van der Waals surface area contributed by atoms with Crippen LogP contribution in [-0.4, -0.2) is 94.8 Å². The normalized spacial score (nSPS) is 20.3. The van der Waals surface area contributed by atoms with E-state index >= 15 is 0 Å². The fourth-order valence-corrected chi connectivity index (χ4v) is 5.79. The van der Waals surface area contributed by atoms with Crippen LogP contribution >= 0.6 is 0 Å². The molecular weight excluding hydrogens is 502 g/mol. The number of amides is 2. The van der Waals surface area contributed by atoms with E-state index in [0.717, 1.165) is 31.2 Å². The summed E-state index contributed by atoms with van der Waals surface area (Å²) in [4.78, 5) is 44.0. The molecule has 10 nitrogen and oxygen atoms in total. The number of unbranched alkanes of at least 4 members (excludes halogenated alkanes) is 2. The molecule has 2 amide bonds. The Labute approximate surface area is 231 Å². The summed E-state index contributed by atoms with van der Waals surface area (Å²) in [6, 6.07) is 3.15. The first-order valence-electron chi connectivity index (χ1n) is 14.3. The molecule has 0 bridgehead atoms. The Morgan fingerprint density at radius 3 is 2.28 bits per heavy atom. The molecule has 2 heterocycles. The number of aliphatic hydroxyl groups is 1. The second kappa shape index (κ2) is 14.5. The van der Waals surface area contributed by atoms with Gasteiger partial charge in [0.25, 0.3) is 0 Å². The third kappa shape index (κ3) is 7.42. The number of aliphatic carboxylic acids is 1. The molecule has 39 heavy (non-hydrogen) atoms. The monoisotopic (exact) mass is 547 g/mol. The summed E-state index contributed by atoms with van der Waals surface area (Å²) < 4.78 is 11.1. The lowest BCUT2D eigenvalue weighted by atomic mass is 9.83. The average molecular weight is 548 g/mol. The smallest absolute Gasteiger partial charge is 0.308 e. The van der Waals surface area contributed by atoms with Crippen molar-refractivity contribution in [2.45, 2.75) is 78.4 Å². The number of likely N-dealkylation sites (tertiary alicyclic amines) is 1. The van der Waals surface area contributed by atoms with E-state index in [2.05, 4.69) is 13.8 Å². The van der Waals surface area contributed by atoms with Gasteiger partial charge in [-0.05, 0) is 43.9 Å². The Balaban J connectivity index is 1.94. The molecule has 0 saturated carbocycles. The van der Waals surface area contributed by atoms with E-state index in [1.54, 1.807) is 17.0 Å². The van der Waals surface area contributed by atoms with Crippen LogP contribution in [0.15, 0.2) is 12.1 Å². The summed E-state index contributed by atoms with van der Waals surface area (Å²) in [7, 11) is 0. The van der Waals surface area contributed by atoms with Crippen molar-refractivity contribution in [3.8, 4) is 11.5 Å². The van der Waals surface area contributed by atoms with E-state index in [1.807, 2.05) is 16.7 Å². The number of carbonyl (C=O) groups excluding carboxylic acids is 2. The first kappa shape index (κ1) is 30.7. The highest BCUT2D eigenvalue weighted by atomic mass is 16.7. The number of nitrogens with zero attached hydrogens (tertiary/aromatic N) is 3. The Morgan fingerprint density at radius 1 is 1.03 bits per heavy atom. The largest absolute Gasteiger partial charge is 0.481 e. The van der Waals surface area contributed by atoms with Gasteiger partial charge in [0.15, 0.2) is 11.5 Å². The Kier molecular flexibility index (Phi) is 11.4. The second-order valence-electron chi connectivity index (χ2n) is 10.5. The van der Waals surface area contributed by atoms with Crippen LogP contribution in [0, 0.1) is 5.92 Å². The molecule has 1 fully saturated rings. The molecule has 0 spiro atoms. The number of carboxylic acid groups (broad SMARTS) is 1. The average Bonchev–Trinajstić information content (AvgIpc) is 3.53. The highest BCUT2D eigenvalue weighted by Crippen LogP contribution is 2.44. The Hall–Kier alpha value is -2.85. The van der Waals surface area contributed by atoms with Gasteiger partial charge in [0.1, 0.15) is 0 Å². The topological polar surface area (TPSA) is 120 Å². The zero-order valence-corrected chi connectivity index (χ0v) is 23.9. The van der Waals surface area contributed by atoms with Crippen LogP contribution < -0.4 is 9.47 Å². The van der Waals surface area contributed by atoms with E-state index in [4.69, 9.17) is 9.47 Å². The molecule has 0 aromatic heterocycles. The van der Waals surface area contributed by atoms with Crippen molar-refractivity contribution in [1.29, 1.82) is 0 Å². The van der Waals surface area contributed by atoms with E-state index in [1.165, 1.54) is 6.92 Å². The van der Waals surface area contributed by atoms with E-state index < -0.39 is 23.8 Å². The first-order valence-corrected chi connectivity index (χ1v) is 14.3. The van der Waals surface area contributed by atoms with Gasteiger partial charge in [-0.15, -0.1) is 0 Å². The van der Waals surface area contributed by atoms with Crippen LogP contribution in [0.2, 0.25) is 0 Å². The number of rotatable bonds is 15. The van der Waals surface area contributed by atoms with Crippen LogP contribution in [0.25, 0.3) is 0 Å². The van der Waals surface area contributed by atoms with Gasteiger partial charge in [-0.3, -0.25) is 19.3 Å². The standard InChI is InChI=1S/C29H45N3O7/c1-5-8-11-31(12-9-6-2)26(35)17-32-16-23(21-14-22(18-33)28-25(15-21)38-19-39-28)27(29(36)37)24(32)10-13-30(7-3)20(4)34/h14-15,23-24,27,33H,5-13,16-19H2,1-4H3,(H,36,37)/t23-,24+,27-/m1/s1. The van der Waals surface area contributed by atoms with Crippen molar-refractivity contribution in [3.63, 3.8) is 0 Å². The number of ether oxygens (including phenoxy) is 2. The maximum absolute atomic E-state index is 13.5. The highest BCUT2D eigenvalue weighted by Gasteiger charge is 2.47. The minimum absolute atomic E-state index is 0.00679. The highest BCUT2D eigenvalue weighted by molar-refractivity contribution is 5.79. The molecule has 0 aliphatic carbocycles. The molecule has 218 valence electrons. The van der Waals surface area contributed by atoms with Gasteiger partial charge in [0, 0.05) is 57.2 Å². The van der Waals surface area contributed by atoms with Crippen LogP contribution in [0.5, 0.6) is 11.5 Å². The lowest BCUT2D eigenvalue weighted by Gasteiger charge is -2.31. The number of carbonyl (C=O) groups is 3. The van der Waals surface area contributed by atoms with Crippen molar-refractivity contribution in [2.75, 3.05) is 46.1 Å². The summed E-state index contributed by atoms with van der Waals surface area (Å²) in [6.45, 7) is 10.2. The summed E-state index contributed by atoms with van der Waals surface area (Å²) in [5, 5.41) is 20.4. The van der Waals surface area contributed by atoms with Crippen molar-refractivity contribution in [1.82, 2.24) is 14.7 Å². The third-order valence-corrected chi connectivity index (χ3v) is 7.98. The SMILES string of the molecule is CCCCN(CCCC)C(=O)CN1C[C@H](c2cc(CO)c3c(c2)OCO3)[C@@H](C(=O)O)[C@@H]1CCN(CC)C(C)=O. The zero-order valence-electron chi connectivity index (χ0n) is 23.9. The Bertz CT molecular complexity index is 993. The fourth-order valence-electron chi connectivity index (χ4n) is 5.79. The summed E-state index contributed by atoms with van der Waals surface area (Å²) in [5.41, 5.74) is 1.29. The second-order valence-corrected chi connectivity index (χ2v) is 10.5. The number of benzene rings is 1. The van der Waals surface area contributed by atoms with Crippen LogP contribution in [0.4, 0.5) is 0 Å². The summed E-state index contributed by atoms with van der Waals surface area (Å²) >= 11 is 0. The molecule has 3 atom stereocenters. The molecule has 0 unspecified atom stereocenters. The number of carboxylic acids is 1. The summed E-state index contributed by atoms with van der Waals surface area (Å²) in [5.74, 6) is -1.24. The minimum atomic E-state index is -0.942. The zero-order chi connectivity index (χ0) is 28.5. The van der Waals surface area contributed by atoms with E-state index in [0.29, 0.717) is 56.2 Å². The first-order chi connectivity index (χ1) is 18.7. The molecular formula is C29H45N3O7. The van der Waals surface area contributed by atoms with E-state index in [9.17, 15) is 24.6 Å². The van der Waals surface area contributed by atoms with Crippen molar-refractivity contribution in [3.05, 3.63) is 23.3 Å². The van der Waals surface area contributed by atoms with Crippen LogP contribution in [0.3, 0.4) is 0 Å². The maximum Gasteiger partial charge on any atom is 0.308 e. The predicted octanol–water partition coefficient (Wildman–Crippen LogP) is 3.06. The van der Waals surface area contributed by atoms with Crippen LogP contribution in [0.1, 0.15) is 76.8 Å². The maximum atomic E-state index is 13.5. The molecule has 3 rings (SSSR count). The molecule has 1 aromatic rings. The lowest BCUT2D eigenvalue weighted by Crippen LogP contribution is -2.46. The molecule has 10 heteroatoms. The summed E-state index contributed by atoms with van der Waals surface area (Å²) in [6.07, 6.45) is 4.26. The van der Waals surface area contributed by atoms with Gasteiger partial charge in [-0.25, -0.2) is 0 Å². The number of hydrogen-bond donors (Lipinski definition) is 2. The van der Waals surface area contributed by atoms with E-state index in [-0.39, 0.29) is 31.8 Å². The number of hydrogen-bond acceptors (Lipinski definition) is 7. The third-order valence-electron chi connectivity index (χ3n) is 7.98. The van der Waals surface area contributed by atoms with Gasteiger partial charge in [0.05, 0.1) is 19.1 Å². The van der Waals surface area contributed by atoms with Gasteiger partial charge < -0.3 is 29.5 Å². The predicted molar refractivity (Wildman–Crippen MR) is 147 cm³/mol. The van der Waals surface area contributed by atoms with Crippen molar-refractivity contribution in [2.24, 2.45) is 5.92 Å². The van der Waals surface area contributed by atoms with Gasteiger partial charge in [-0.2, -0.15) is 0 Å². The Morgan fingerprint density at radius 2 is 1.72 bits per heavy atom.